The number of unbranched alkanes of at least 4 members (excludes halogenated alkanes) is 2. The monoisotopic (exact) mass is 280 g/mol. The van der Waals surface area contributed by atoms with Crippen molar-refractivity contribution in [2.75, 3.05) is 0 Å². The standard InChI is InChI=1S/C20H24O/c1-3-4-11-16-20(17(2)21,18-12-7-5-8-13-18)19-14-9-6-10-15-19/h5-10,12-15H,3-4,11,16H2,1-2H3. The quantitative estimate of drug-likeness (QED) is 0.642. The van der Waals surface area contributed by atoms with Crippen molar-refractivity contribution in [1.82, 2.24) is 0 Å². The van der Waals surface area contributed by atoms with Crippen LogP contribution < -0.4 is 0 Å². The van der Waals surface area contributed by atoms with Crippen LogP contribution in [0.15, 0.2) is 60.7 Å². The van der Waals surface area contributed by atoms with Gasteiger partial charge in [0.15, 0.2) is 0 Å². The molecule has 1 nitrogen and oxygen atoms in total. The zero-order chi connectivity index (χ0) is 15.1. The van der Waals surface area contributed by atoms with E-state index >= 15 is 0 Å². The van der Waals surface area contributed by atoms with Crippen LogP contribution in [-0.2, 0) is 10.2 Å². The molecule has 0 saturated heterocycles. The van der Waals surface area contributed by atoms with Gasteiger partial charge in [0.1, 0.15) is 5.78 Å². The Balaban J connectivity index is 2.52. The molecule has 2 aromatic carbocycles. The third-order valence-electron chi connectivity index (χ3n) is 4.29. The minimum absolute atomic E-state index is 0.232. The number of Topliss-reactive ketones (excluding diaryl/α,β-unsaturated/α-hetero) is 1. The highest BCUT2D eigenvalue weighted by molar-refractivity contribution is 5.92. The maximum absolute atomic E-state index is 12.7. The van der Waals surface area contributed by atoms with Crippen LogP contribution in [0.5, 0.6) is 0 Å². The maximum Gasteiger partial charge on any atom is 0.144 e. The molecule has 0 aliphatic heterocycles. The summed E-state index contributed by atoms with van der Waals surface area (Å²) in [5, 5.41) is 0. The van der Waals surface area contributed by atoms with Gasteiger partial charge in [0.2, 0.25) is 0 Å². The van der Waals surface area contributed by atoms with Crippen LogP contribution >= 0.6 is 0 Å². The van der Waals surface area contributed by atoms with Crippen LogP contribution in [0.3, 0.4) is 0 Å². The fraction of sp³-hybridized carbons (Fsp3) is 0.350. The first-order chi connectivity index (χ1) is 10.2. The fourth-order valence-electron chi connectivity index (χ4n) is 3.12. The highest BCUT2D eigenvalue weighted by Gasteiger charge is 2.38. The van der Waals surface area contributed by atoms with E-state index in [0.717, 1.165) is 36.8 Å². The summed E-state index contributed by atoms with van der Waals surface area (Å²) < 4.78 is 0. The van der Waals surface area contributed by atoms with E-state index in [1.54, 1.807) is 6.92 Å². The molecule has 2 rings (SSSR count). The van der Waals surface area contributed by atoms with Gasteiger partial charge < -0.3 is 0 Å². The van der Waals surface area contributed by atoms with E-state index in [2.05, 4.69) is 31.2 Å². The van der Waals surface area contributed by atoms with E-state index in [4.69, 9.17) is 0 Å². The van der Waals surface area contributed by atoms with Gasteiger partial charge in [0, 0.05) is 0 Å². The summed E-state index contributed by atoms with van der Waals surface area (Å²) >= 11 is 0. The molecule has 0 heterocycles. The molecule has 1 heteroatoms. The van der Waals surface area contributed by atoms with Crippen molar-refractivity contribution in [3.63, 3.8) is 0 Å². The molecular weight excluding hydrogens is 256 g/mol. The van der Waals surface area contributed by atoms with Crippen molar-refractivity contribution in [2.24, 2.45) is 0 Å². The molecule has 0 N–H and O–H groups in total. The van der Waals surface area contributed by atoms with Gasteiger partial charge in [-0.3, -0.25) is 4.79 Å². The normalized spacial score (nSPS) is 11.3. The number of hydrogen-bond acceptors (Lipinski definition) is 1. The molecule has 0 unspecified atom stereocenters. The van der Waals surface area contributed by atoms with Crippen molar-refractivity contribution in [1.29, 1.82) is 0 Å². The number of carbonyl (C=O) groups excluding carboxylic acids is 1. The second-order valence-electron chi connectivity index (χ2n) is 5.65. The Labute approximate surface area is 128 Å². The number of carbonyl (C=O) groups is 1. The predicted molar refractivity (Wildman–Crippen MR) is 88.5 cm³/mol. The second kappa shape index (κ2) is 7.21. The molecule has 21 heavy (non-hydrogen) atoms. The lowest BCUT2D eigenvalue weighted by Gasteiger charge is -2.33. The summed E-state index contributed by atoms with van der Waals surface area (Å²) in [6.07, 6.45) is 4.27. The molecule has 0 radical (unpaired) electrons. The number of ketones is 1. The Morgan fingerprint density at radius 2 is 1.33 bits per heavy atom. The summed E-state index contributed by atoms with van der Waals surface area (Å²) in [5.74, 6) is 0.232. The summed E-state index contributed by atoms with van der Waals surface area (Å²) in [6, 6.07) is 20.4. The van der Waals surface area contributed by atoms with Gasteiger partial charge in [-0.05, 0) is 24.5 Å². The number of benzene rings is 2. The van der Waals surface area contributed by atoms with E-state index in [-0.39, 0.29) is 5.78 Å². The molecular formula is C20H24O. The Morgan fingerprint density at radius 1 is 0.857 bits per heavy atom. The summed E-state index contributed by atoms with van der Waals surface area (Å²) in [7, 11) is 0. The topological polar surface area (TPSA) is 17.1 Å². The number of rotatable bonds is 7. The maximum atomic E-state index is 12.7. The summed E-state index contributed by atoms with van der Waals surface area (Å²) in [5.41, 5.74) is 1.72. The van der Waals surface area contributed by atoms with Crippen molar-refractivity contribution in [3.05, 3.63) is 71.8 Å². The van der Waals surface area contributed by atoms with Gasteiger partial charge in [0.05, 0.1) is 5.41 Å². The fourth-order valence-corrected chi connectivity index (χ4v) is 3.12. The minimum atomic E-state index is -0.502. The Hall–Kier alpha value is -1.89. The Morgan fingerprint density at radius 3 is 1.71 bits per heavy atom. The third-order valence-corrected chi connectivity index (χ3v) is 4.29. The van der Waals surface area contributed by atoms with E-state index < -0.39 is 5.41 Å². The molecule has 0 amide bonds. The number of hydrogen-bond donors (Lipinski definition) is 0. The Bertz CT molecular complexity index is 517. The highest BCUT2D eigenvalue weighted by atomic mass is 16.1. The molecule has 2 aromatic rings. The molecule has 0 saturated carbocycles. The summed E-state index contributed by atoms with van der Waals surface area (Å²) in [4.78, 5) is 12.7. The van der Waals surface area contributed by atoms with Crippen LogP contribution in [0.2, 0.25) is 0 Å². The lowest BCUT2D eigenvalue weighted by molar-refractivity contribution is -0.121. The van der Waals surface area contributed by atoms with Crippen molar-refractivity contribution >= 4 is 5.78 Å². The SMILES string of the molecule is CCCCCC(C(C)=O)(c1ccccc1)c1ccccc1. The molecule has 110 valence electrons. The molecule has 0 bridgehead atoms. The van der Waals surface area contributed by atoms with Gasteiger partial charge >= 0.3 is 0 Å². The largest absolute Gasteiger partial charge is 0.299 e. The molecule has 0 fully saturated rings. The van der Waals surface area contributed by atoms with E-state index in [9.17, 15) is 4.79 Å². The zero-order valence-electron chi connectivity index (χ0n) is 13.0. The van der Waals surface area contributed by atoms with Crippen molar-refractivity contribution in [3.8, 4) is 0 Å². The lowest BCUT2D eigenvalue weighted by Crippen LogP contribution is -2.35. The van der Waals surface area contributed by atoms with Gasteiger partial charge in [-0.1, -0.05) is 86.8 Å². The first-order valence-corrected chi connectivity index (χ1v) is 7.84. The third kappa shape index (κ3) is 3.24. The van der Waals surface area contributed by atoms with Crippen LogP contribution in [0, 0.1) is 0 Å². The first kappa shape index (κ1) is 15.5. The van der Waals surface area contributed by atoms with Gasteiger partial charge in [-0.25, -0.2) is 0 Å². The Kier molecular flexibility index (Phi) is 5.32. The van der Waals surface area contributed by atoms with Crippen LogP contribution in [0.1, 0.15) is 50.7 Å². The summed E-state index contributed by atoms with van der Waals surface area (Å²) in [6.45, 7) is 3.92. The highest BCUT2D eigenvalue weighted by Crippen LogP contribution is 2.38. The molecule has 0 aromatic heterocycles. The molecule has 0 aliphatic carbocycles. The molecule has 0 spiro atoms. The van der Waals surface area contributed by atoms with E-state index in [1.807, 2.05) is 36.4 Å². The minimum Gasteiger partial charge on any atom is -0.299 e. The second-order valence-corrected chi connectivity index (χ2v) is 5.65. The average Bonchev–Trinajstić information content (AvgIpc) is 2.53. The smallest absolute Gasteiger partial charge is 0.144 e. The van der Waals surface area contributed by atoms with Gasteiger partial charge in [-0.2, -0.15) is 0 Å². The molecule has 0 atom stereocenters. The van der Waals surface area contributed by atoms with Crippen molar-refractivity contribution < 1.29 is 4.79 Å². The van der Waals surface area contributed by atoms with Crippen LogP contribution in [0.25, 0.3) is 0 Å². The van der Waals surface area contributed by atoms with Crippen molar-refractivity contribution in [2.45, 2.75) is 44.9 Å². The van der Waals surface area contributed by atoms with Crippen LogP contribution in [0.4, 0.5) is 0 Å². The van der Waals surface area contributed by atoms with Crippen LogP contribution in [-0.4, -0.2) is 5.78 Å². The predicted octanol–water partition coefficient (Wildman–Crippen LogP) is 5.14. The van der Waals surface area contributed by atoms with E-state index in [0.29, 0.717) is 0 Å². The molecule has 0 aliphatic rings. The van der Waals surface area contributed by atoms with Gasteiger partial charge in [-0.15, -0.1) is 0 Å². The zero-order valence-corrected chi connectivity index (χ0v) is 13.0. The van der Waals surface area contributed by atoms with E-state index in [1.165, 1.54) is 0 Å². The van der Waals surface area contributed by atoms with Gasteiger partial charge in [0.25, 0.3) is 0 Å². The first-order valence-electron chi connectivity index (χ1n) is 7.84. The lowest BCUT2D eigenvalue weighted by atomic mass is 9.68. The average molecular weight is 280 g/mol.